The zero-order valence-electron chi connectivity index (χ0n) is 20.5. The van der Waals surface area contributed by atoms with Gasteiger partial charge in [-0.3, -0.25) is 18.9 Å². The summed E-state index contributed by atoms with van der Waals surface area (Å²) in [5.41, 5.74) is 8.72. The quantitative estimate of drug-likeness (QED) is 0.267. The molecule has 0 N–H and O–H groups in total. The molecule has 5 heteroatoms. The fraction of sp³-hybridized carbons (Fsp3) is 0.129. The molecular weight excluding hydrogens is 442 g/mol. The van der Waals surface area contributed by atoms with Crippen molar-refractivity contribution in [2.45, 2.75) is 26.2 Å². The summed E-state index contributed by atoms with van der Waals surface area (Å²) in [6, 6.07) is 25.7. The van der Waals surface area contributed by atoms with Crippen molar-refractivity contribution in [3.8, 4) is 16.8 Å². The van der Waals surface area contributed by atoms with Gasteiger partial charge in [0.25, 0.3) is 0 Å². The molecule has 0 radical (unpaired) electrons. The summed E-state index contributed by atoms with van der Waals surface area (Å²) in [5, 5.41) is 2.22. The third-order valence-corrected chi connectivity index (χ3v) is 7.02. The first kappa shape index (κ1) is 20.8. The summed E-state index contributed by atoms with van der Waals surface area (Å²) in [4.78, 5) is 14.2. The Bertz CT molecular complexity index is 1930. The number of benzene rings is 3. The number of imidazole rings is 2. The molecule has 7 aromatic rings. The first-order valence-electron chi connectivity index (χ1n) is 12.2. The number of hydrogen-bond donors (Lipinski definition) is 0. The van der Waals surface area contributed by atoms with Gasteiger partial charge < -0.3 is 0 Å². The molecule has 0 bridgehead atoms. The van der Waals surface area contributed by atoms with Crippen LogP contribution in [0.4, 0.5) is 0 Å². The molecule has 0 aliphatic rings. The molecule has 174 valence electrons. The molecule has 36 heavy (non-hydrogen) atoms. The summed E-state index contributed by atoms with van der Waals surface area (Å²) < 4.78 is 4.38. The lowest BCUT2D eigenvalue weighted by atomic mass is 9.87. The van der Waals surface area contributed by atoms with Crippen molar-refractivity contribution >= 4 is 38.6 Å². The maximum Gasteiger partial charge on any atom is 0.219 e. The summed E-state index contributed by atoms with van der Waals surface area (Å²) >= 11 is 0. The Balaban J connectivity index is 1.53. The Hall–Kier alpha value is -4.51. The largest absolute Gasteiger partial charge is 0.282 e. The van der Waals surface area contributed by atoms with Crippen LogP contribution in [0.25, 0.3) is 55.4 Å². The highest BCUT2D eigenvalue weighted by molar-refractivity contribution is 6.06. The maximum absolute atomic E-state index is 4.81. The third kappa shape index (κ3) is 3.13. The van der Waals surface area contributed by atoms with Crippen molar-refractivity contribution in [2.24, 2.45) is 0 Å². The van der Waals surface area contributed by atoms with Crippen LogP contribution >= 0.6 is 0 Å². The predicted octanol–water partition coefficient (Wildman–Crippen LogP) is 7.34. The number of pyridine rings is 2. The van der Waals surface area contributed by atoms with Crippen molar-refractivity contribution < 1.29 is 0 Å². The Kier molecular flexibility index (Phi) is 4.33. The Morgan fingerprint density at radius 1 is 0.722 bits per heavy atom. The minimum absolute atomic E-state index is 0.0462. The van der Waals surface area contributed by atoms with Gasteiger partial charge >= 0.3 is 0 Å². The molecule has 0 spiro atoms. The van der Waals surface area contributed by atoms with E-state index in [9.17, 15) is 0 Å². The SMILES string of the molecule is CC(C)(C)c1cccc(-n2c3c4cc(-c5cnc6ccccc6c5)ccc4ncc3n3ccnc23)c1. The van der Waals surface area contributed by atoms with Gasteiger partial charge in [0.15, 0.2) is 0 Å². The summed E-state index contributed by atoms with van der Waals surface area (Å²) in [6.45, 7) is 6.73. The molecule has 0 amide bonds. The third-order valence-electron chi connectivity index (χ3n) is 7.02. The number of para-hydroxylation sites is 1. The molecule has 5 nitrogen and oxygen atoms in total. The Morgan fingerprint density at radius 3 is 2.47 bits per heavy atom. The second kappa shape index (κ2) is 7.49. The minimum Gasteiger partial charge on any atom is -0.282 e. The van der Waals surface area contributed by atoms with Crippen LogP contribution in [0.5, 0.6) is 0 Å². The zero-order chi connectivity index (χ0) is 24.4. The van der Waals surface area contributed by atoms with Crippen LogP contribution in [0.1, 0.15) is 26.3 Å². The van der Waals surface area contributed by atoms with Gasteiger partial charge in [-0.1, -0.05) is 57.2 Å². The first-order chi connectivity index (χ1) is 17.5. The summed E-state index contributed by atoms with van der Waals surface area (Å²) in [7, 11) is 0. The van der Waals surface area contributed by atoms with Gasteiger partial charge in [0.05, 0.1) is 28.3 Å². The van der Waals surface area contributed by atoms with Gasteiger partial charge in [-0.05, 0) is 52.9 Å². The maximum atomic E-state index is 4.81. The highest BCUT2D eigenvalue weighted by Gasteiger charge is 2.19. The zero-order valence-corrected chi connectivity index (χ0v) is 20.5. The lowest BCUT2D eigenvalue weighted by molar-refractivity contribution is 0.590. The van der Waals surface area contributed by atoms with Crippen molar-refractivity contribution in [3.05, 3.63) is 103 Å². The molecule has 0 atom stereocenters. The van der Waals surface area contributed by atoms with Crippen molar-refractivity contribution in [3.63, 3.8) is 0 Å². The number of hydrogen-bond acceptors (Lipinski definition) is 3. The van der Waals surface area contributed by atoms with Crippen LogP contribution < -0.4 is 0 Å². The van der Waals surface area contributed by atoms with E-state index < -0.39 is 0 Å². The molecule has 0 saturated carbocycles. The van der Waals surface area contributed by atoms with Crippen LogP contribution in [-0.4, -0.2) is 23.9 Å². The predicted molar refractivity (Wildman–Crippen MR) is 147 cm³/mol. The van der Waals surface area contributed by atoms with E-state index in [0.29, 0.717) is 0 Å². The van der Waals surface area contributed by atoms with Crippen molar-refractivity contribution in [1.82, 2.24) is 23.9 Å². The highest BCUT2D eigenvalue weighted by atomic mass is 15.2. The topological polar surface area (TPSA) is 48.0 Å². The number of nitrogens with zero attached hydrogens (tertiary/aromatic N) is 5. The lowest BCUT2D eigenvalue weighted by Gasteiger charge is -2.20. The van der Waals surface area contributed by atoms with Gasteiger partial charge in [-0.25, -0.2) is 4.98 Å². The van der Waals surface area contributed by atoms with E-state index in [1.807, 2.05) is 36.9 Å². The lowest BCUT2D eigenvalue weighted by Crippen LogP contribution is -2.11. The van der Waals surface area contributed by atoms with E-state index in [-0.39, 0.29) is 5.41 Å². The molecule has 0 fully saturated rings. The number of rotatable bonds is 2. The molecule has 0 saturated heterocycles. The second-order valence-electron chi connectivity index (χ2n) is 10.4. The average Bonchev–Trinajstić information content (AvgIpc) is 3.49. The molecule has 3 aromatic carbocycles. The molecule has 0 unspecified atom stereocenters. The average molecular weight is 468 g/mol. The standard InChI is InChI=1S/C31H25N5/c1-31(2,3)23-8-6-9-24(17-23)36-29-25-16-20(22-15-21-7-4-5-10-26(21)33-18-22)11-12-27(25)34-19-28(29)35-14-13-32-30(35)36/h4-19H,1-3H3. The second-order valence-corrected chi connectivity index (χ2v) is 10.4. The van der Waals surface area contributed by atoms with E-state index in [0.717, 1.165) is 55.4 Å². The smallest absolute Gasteiger partial charge is 0.219 e. The summed E-state index contributed by atoms with van der Waals surface area (Å²) in [6.07, 6.45) is 7.76. The normalized spacial score (nSPS) is 12.3. The molecular formula is C31H25N5. The molecule has 0 aliphatic heterocycles. The van der Waals surface area contributed by atoms with Gasteiger partial charge in [-0.15, -0.1) is 0 Å². The van der Waals surface area contributed by atoms with E-state index in [4.69, 9.17) is 9.97 Å². The molecule has 0 aliphatic carbocycles. The Morgan fingerprint density at radius 2 is 1.58 bits per heavy atom. The molecule has 7 rings (SSSR count). The van der Waals surface area contributed by atoms with Crippen LogP contribution in [0.2, 0.25) is 0 Å². The van der Waals surface area contributed by atoms with E-state index in [1.54, 1.807) is 0 Å². The number of fused-ring (bicyclic) bond motifs is 6. The van der Waals surface area contributed by atoms with Gasteiger partial charge in [0.2, 0.25) is 5.78 Å². The van der Waals surface area contributed by atoms with E-state index in [1.165, 1.54) is 5.56 Å². The summed E-state index contributed by atoms with van der Waals surface area (Å²) in [5.74, 6) is 0.878. The number of aromatic nitrogens is 5. The fourth-order valence-electron chi connectivity index (χ4n) is 5.09. The van der Waals surface area contributed by atoms with Crippen LogP contribution in [0.15, 0.2) is 97.6 Å². The van der Waals surface area contributed by atoms with E-state index in [2.05, 4.69) is 95.4 Å². The monoisotopic (exact) mass is 467 g/mol. The fourth-order valence-corrected chi connectivity index (χ4v) is 5.09. The Labute approximate surface area is 208 Å². The molecule has 4 heterocycles. The first-order valence-corrected chi connectivity index (χ1v) is 12.2. The van der Waals surface area contributed by atoms with Gasteiger partial charge in [0.1, 0.15) is 0 Å². The van der Waals surface area contributed by atoms with Crippen LogP contribution in [0, 0.1) is 0 Å². The van der Waals surface area contributed by atoms with Crippen LogP contribution in [-0.2, 0) is 5.41 Å². The van der Waals surface area contributed by atoms with Crippen molar-refractivity contribution in [1.29, 1.82) is 0 Å². The van der Waals surface area contributed by atoms with Gasteiger partial charge in [-0.2, -0.15) is 0 Å². The molecule has 4 aromatic heterocycles. The van der Waals surface area contributed by atoms with Crippen LogP contribution in [0.3, 0.4) is 0 Å². The van der Waals surface area contributed by atoms with E-state index >= 15 is 0 Å². The van der Waals surface area contributed by atoms with Crippen molar-refractivity contribution in [2.75, 3.05) is 0 Å². The highest BCUT2D eigenvalue weighted by Crippen LogP contribution is 2.34. The minimum atomic E-state index is 0.0462. The van der Waals surface area contributed by atoms with Gasteiger partial charge in [0, 0.05) is 40.6 Å².